The first-order chi connectivity index (χ1) is 26.5. The minimum Gasteiger partial charge on any atom is -0.370 e. The average molecular weight is 802 g/mol. The van der Waals surface area contributed by atoms with Crippen LogP contribution in [-0.4, -0.2) is 43.4 Å². The molecule has 0 radical (unpaired) electrons. The normalized spacial score (nSPS) is 11.5. The van der Waals surface area contributed by atoms with Crippen LogP contribution in [0.25, 0.3) is 44.3 Å². The summed E-state index contributed by atoms with van der Waals surface area (Å²) in [5.74, 6) is -1.37. The molecule has 6 aromatic rings. The Balaban J connectivity index is 1.13. The molecule has 0 spiro atoms. The Morgan fingerprint density at radius 3 is 1.57 bits per heavy atom. The molecule has 2 heterocycles. The van der Waals surface area contributed by atoms with Gasteiger partial charge in [-0.15, -0.1) is 0 Å². The van der Waals surface area contributed by atoms with Crippen molar-refractivity contribution in [2.24, 2.45) is 32.9 Å². The van der Waals surface area contributed by atoms with Crippen LogP contribution in [0.5, 0.6) is 0 Å². The second-order valence-electron chi connectivity index (χ2n) is 12.9. The second-order valence-corrected chi connectivity index (χ2v) is 13.8. The first-order valence-corrected chi connectivity index (χ1v) is 17.8. The number of carbonyl (C=O) groups is 2. The maximum Gasteiger partial charge on any atom is 0.417 e. The van der Waals surface area contributed by atoms with Gasteiger partial charge in [0.2, 0.25) is 0 Å². The molecule has 17 heteroatoms. The van der Waals surface area contributed by atoms with Crippen molar-refractivity contribution in [1.29, 1.82) is 0 Å². The number of guanidine groups is 2. The summed E-state index contributed by atoms with van der Waals surface area (Å²) in [6, 6.07) is 19.1. The SMILES string of the molecule is Cc1cc(CCC(=O)CC(=O)CCc2ccc(-c3nc(N=C(N)N)nc4ccc(Cl)cc34)c(C(F)(F)F)c2)ccc1-c1nc(N=C(N)N)nc2ccc(Cl)cc12. The van der Waals surface area contributed by atoms with Gasteiger partial charge in [-0.3, -0.25) is 9.59 Å². The van der Waals surface area contributed by atoms with Crippen molar-refractivity contribution < 1.29 is 22.8 Å². The molecular formula is C39H33Cl2F3N10O2. The summed E-state index contributed by atoms with van der Waals surface area (Å²) in [5.41, 5.74) is 25.0. The standard InChI is InChI=1S/C39H33Cl2F3N10O2/c1-19-14-20(4-10-26(19)33-28-16-22(40)6-12-31(28)49-37(51-33)53-35(45)46)2-8-24(55)18-25(56)9-3-21-5-11-27(30(15-21)39(42,43)44)34-29-17-23(41)7-13-32(29)50-38(52-34)54-36(47)48/h4-7,10-17H,2-3,8-9,18H2,1H3,(H4,45,46,49,51,53)(H4,47,48,50,52,54). The molecule has 56 heavy (non-hydrogen) atoms. The highest BCUT2D eigenvalue weighted by Crippen LogP contribution is 2.40. The van der Waals surface area contributed by atoms with Crippen LogP contribution in [0.2, 0.25) is 10.0 Å². The first kappa shape index (κ1) is 39.5. The van der Waals surface area contributed by atoms with E-state index >= 15 is 0 Å². The number of ketones is 2. The molecule has 0 aliphatic rings. The smallest absolute Gasteiger partial charge is 0.370 e. The van der Waals surface area contributed by atoms with Crippen LogP contribution in [0.3, 0.4) is 0 Å². The number of Topliss-reactive ketones (excluding diaryl/α,β-unsaturated/α-hetero) is 2. The molecule has 0 atom stereocenters. The summed E-state index contributed by atoms with van der Waals surface area (Å²) < 4.78 is 43.5. The molecule has 12 nitrogen and oxygen atoms in total. The Morgan fingerprint density at radius 2 is 1.11 bits per heavy atom. The van der Waals surface area contributed by atoms with Crippen LogP contribution < -0.4 is 22.9 Å². The highest BCUT2D eigenvalue weighted by Gasteiger charge is 2.35. The molecule has 8 N–H and O–H groups in total. The summed E-state index contributed by atoms with van der Waals surface area (Å²) in [6.07, 6.45) is -4.82. The third kappa shape index (κ3) is 9.36. The summed E-state index contributed by atoms with van der Waals surface area (Å²) in [7, 11) is 0. The Kier molecular flexibility index (Phi) is 11.5. The van der Waals surface area contributed by atoms with E-state index in [1.807, 2.05) is 25.1 Å². The zero-order valence-corrected chi connectivity index (χ0v) is 31.2. The van der Waals surface area contributed by atoms with E-state index in [2.05, 4.69) is 29.9 Å². The molecule has 0 amide bonds. The third-order valence-electron chi connectivity index (χ3n) is 8.72. The Bertz CT molecular complexity index is 2590. The molecule has 0 saturated carbocycles. The number of halogens is 5. The van der Waals surface area contributed by atoms with Gasteiger partial charge < -0.3 is 22.9 Å². The van der Waals surface area contributed by atoms with Gasteiger partial charge in [0, 0.05) is 44.8 Å². The predicted molar refractivity (Wildman–Crippen MR) is 212 cm³/mol. The lowest BCUT2D eigenvalue weighted by atomic mass is 9.95. The molecule has 2 aromatic heterocycles. The van der Waals surface area contributed by atoms with E-state index in [4.69, 9.17) is 46.1 Å². The number of hydrogen-bond acceptors (Lipinski definition) is 8. The number of alkyl halides is 3. The van der Waals surface area contributed by atoms with Crippen LogP contribution in [0.15, 0.2) is 82.8 Å². The van der Waals surface area contributed by atoms with Crippen LogP contribution in [-0.2, 0) is 28.6 Å². The lowest BCUT2D eigenvalue weighted by Crippen LogP contribution is -2.22. The van der Waals surface area contributed by atoms with Crippen LogP contribution in [0.4, 0.5) is 25.1 Å². The van der Waals surface area contributed by atoms with E-state index in [9.17, 15) is 22.8 Å². The van der Waals surface area contributed by atoms with Gasteiger partial charge in [0.15, 0.2) is 11.9 Å². The quantitative estimate of drug-likeness (QED) is 0.0545. The fourth-order valence-electron chi connectivity index (χ4n) is 6.22. The van der Waals surface area contributed by atoms with Gasteiger partial charge in [-0.1, -0.05) is 53.5 Å². The third-order valence-corrected chi connectivity index (χ3v) is 9.19. The van der Waals surface area contributed by atoms with Gasteiger partial charge in [0.1, 0.15) is 11.6 Å². The van der Waals surface area contributed by atoms with E-state index in [-0.39, 0.29) is 93.8 Å². The lowest BCUT2D eigenvalue weighted by molar-refractivity contribution is -0.137. The number of hydrogen-bond donors (Lipinski definition) is 4. The summed E-state index contributed by atoms with van der Waals surface area (Å²) in [5, 5.41) is 1.72. The van der Waals surface area contributed by atoms with Crippen molar-refractivity contribution in [3.05, 3.63) is 105 Å². The molecule has 4 aromatic carbocycles. The van der Waals surface area contributed by atoms with Gasteiger partial charge in [0.25, 0.3) is 11.9 Å². The molecule has 0 aliphatic heterocycles. The molecule has 6 rings (SSSR count). The molecule has 0 aliphatic carbocycles. The molecule has 0 unspecified atom stereocenters. The van der Waals surface area contributed by atoms with Gasteiger partial charge in [0.05, 0.1) is 34.4 Å². The largest absolute Gasteiger partial charge is 0.417 e. The average Bonchev–Trinajstić information content (AvgIpc) is 3.12. The fourth-order valence-corrected chi connectivity index (χ4v) is 6.56. The van der Waals surface area contributed by atoms with Crippen molar-refractivity contribution >= 4 is 80.4 Å². The molecular weight excluding hydrogens is 768 g/mol. The zero-order chi connectivity index (χ0) is 40.3. The maximum absolute atomic E-state index is 14.5. The van der Waals surface area contributed by atoms with Crippen molar-refractivity contribution in [2.75, 3.05) is 0 Å². The van der Waals surface area contributed by atoms with E-state index < -0.39 is 11.7 Å². The second kappa shape index (κ2) is 16.3. The molecule has 0 fully saturated rings. The van der Waals surface area contributed by atoms with Crippen molar-refractivity contribution in [2.45, 2.75) is 45.2 Å². The Morgan fingerprint density at radius 1 is 0.643 bits per heavy atom. The fraction of sp³-hybridized carbons (Fsp3) is 0.179. The number of aromatic nitrogens is 4. The monoisotopic (exact) mass is 800 g/mol. The van der Waals surface area contributed by atoms with Gasteiger partial charge in [-0.25, -0.2) is 19.9 Å². The van der Waals surface area contributed by atoms with Crippen LogP contribution in [0, 0.1) is 6.92 Å². The maximum atomic E-state index is 14.5. The van der Waals surface area contributed by atoms with E-state index in [0.29, 0.717) is 28.0 Å². The number of rotatable bonds is 12. The highest BCUT2D eigenvalue weighted by molar-refractivity contribution is 6.31. The number of carbonyl (C=O) groups excluding carboxylic acids is 2. The number of benzene rings is 4. The van der Waals surface area contributed by atoms with E-state index in [1.165, 1.54) is 30.3 Å². The van der Waals surface area contributed by atoms with Gasteiger partial charge >= 0.3 is 6.18 Å². The topological polar surface area (TPSA) is 214 Å². The summed E-state index contributed by atoms with van der Waals surface area (Å²) >= 11 is 12.4. The minimum atomic E-state index is -4.79. The molecule has 286 valence electrons. The van der Waals surface area contributed by atoms with Crippen molar-refractivity contribution in [1.82, 2.24) is 19.9 Å². The number of aliphatic imine (C=N–C) groups is 2. The van der Waals surface area contributed by atoms with E-state index in [1.54, 1.807) is 18.2 Å². The van der Waals surface area contributed by atoms with Crippen molar-refractivity contribution in [3.8, 4) is 22.5 Å². The lowest BCUT2D eigenvalue weighted by Gasteiger charge is -2.16. The highest BCUT2D eigenvalue weighted by atomic mass is 35.5. The van der Waals surface area contributed by atoms with Gasteiger partial charge in [-0.2, -0.15) is 23.2 Å². The zero-order valence-electron chi connectivity index (χ0n) is 29.7. The number of nitrogens with two attached hydrogens (primary N) is 4. The first-order valence-electron chi connectivity index (χ1n) is 17.0. The summed E-state index contributed by atoms with van der Waals surface area (Å²) in [6.45, 7) is 1.90. The number of nitrogens with zero attached hydrogens (tertiary/aromatic N) is 6. The predicted octanol–water partition coefficient (Wildman–Crippen LogP) is 7.44. The van der Waals surface area contributed by atoms with Crippen LogP contribution in [0.1, 0.15) is 41.5 Å². The summed E-state index contributed by atoms with van der Waals surface area (Å²) in [4.78, 5) is 50.9. The van der Waals surface area contributed by atoms with E-state index in [0.717, 1.165) is 22.8 Å². The van der Waals surface area contributed by atoms with Crippen LogP contribution >= 0.6 is 23.2 Å². The van der Waals surface area contributed by atoms with Crippen molar-refractivity contribution in [3.63, 3.8) is 0 Å². The number of aryl methyl sites for hydroxylation is 3. The Labute approximate surface area is 327 Å². The molecule has 0 saturated heterocycles. The molecule has 0 bridgehead atoms. The Hall–Kier alpha value is -6.19. The minimum absolute atomic E-state index is 0.0143. The number of fused-ring (bicyclic) bond motifs is 2. The van der Waals surface area contributed by atoms with Gasteiger partial charge in [-0.05, 0) is 78.9 Å².